The number of amides is 1. The summed E-state index contributed by atoms with van der Waals surface area (Å²) in [6, 6.07) is 19.4. The number of benzene rings is 3. The SMILES string of the molecule is Cc1cccc(C2/C(=C(/O)c3ccc4c(c3)CCO4)C(=O)C(=O)N2c2ccc(OCC(C)C)cc2)c1. The quantitative estimate of drug-likeness (QED) is 0.281. The lowest BCUT2D eigenvalue weighted by Crippen LogP contribution is -2.29. The fourth-order valence-corrected chi connectivity index (χ4v) is 4.71. The lowest BCUT2D eigenvalue weighted by molar-refractivity contribution is -0.132. The first-order valence-electron chi connectivity index (χ1n) is 12.2. The predicted molar refractivity (Wildman–Crippen MR) is 138 cm³/mol. The summed E-state index contributed by atoms with van der Waals surface area (Å²) < 4.78 is 11.4. The van der Waals surface area contributed by atoms with E-state index in [1.807, 2.05) is 37.3 Å². The molecule has 0 saturated carbocycles. The van der Waals surface area contributed by atoms with Gasteiger partial charge in [0.05, 0.1) is 24.8 Å². The van der Waals surface area contributed by atoms with Crippen LogP contribution in [0, 0.1) is 12.8 Å². The maximum Gasteiger partial charge on any atom is 0.300 e. The molecule has 1 amide bonds. The molecule has 0 bridgehead atoms. The van der Waals surface area contributed by atoms with Crippen molar-refractivity contribution in [3.63, 3.8) is 0 Å². The average Bonchev–Trinajstić information content (AvgIpc) is 3.44. The first-order chi connectivity index (χ1) is 17.3. The molecular formula is C30H29NO5. The topological polar surface area (TPSA) is 76.1 Å². The Morgan fingerprint density at radius 3 is 2.58 bits per heavy atom. The summed E-state index contributed by atoms with van der Waals surface area (Å²) in [7, 11) is 0. The van der Waals surface area contributed by atoms with Crippen molar-refractivity contribution in [2.45, 2.75) is 33.2 Å². The Hall–Kier alpha value is -4.06. The Bertz CT molecular complexity index is 1360. The number of anilines is 1. The molecule has 184 valence electrons. The highest BCUT2D eigenvalue weighted by Crippen LogP contribution is 2.43. The van der Waals surface area contributed by atoms with Gasteiger partial charge in [-0.2, -0.15) is 0 Å². The second-order valence-corrected chi connectivity index (χ2v) is 9.70. The van der Waals surface area contributed by atoms with Crippen molar-refractivity contribution in [1.29, 1.82) is 0 Å². The average molecular weight is 484 g/mol. The van der Waals surface area contributed by atoms with Gasteiger partial charge in [-0.05, 0) is 66.4 Å². The number of ether oxygens (including phenoxy) is 2. The molecule has 0 radical (unpaired) electrons. The van der Waals surface area contributed by atoms with Gasteiger partial charge in [0.15, 0.2) is 0 Å². The summed E-state index contributed by atoms with van der Waals surface area (Å²) >= 11 is 0. The molecule has 0 aromatic heterocycles. The number of Topliss-reactive ketones (excluding diaryl/α,β-unsaturated/α-hetero) is 1. The van der Waals surface area contributed by atoms with Crippen molar-refractivity contribution < 1.29 is 24.2 Å². The number of aliphatic hydroxyl groups excluding tert-OH is 1. The summed E-state index contributed by atoms with van der Waals surface area (Å²) in [5.41, 5.74) is 3.83. The lowest BCUT2D eigenvalue weighted by atomic mass is 9.93. The molecule has 3 aromatic rings. The fraction of sp³-hybridized carbons (Fsp3) is 0.267. The number of fused-ring (bicyclic) bond motifs is 1. The van der Waals surface area contributed by atoms with Crippen LogP contribution in [0.15, 0.2) is 72.3 Å². The van der Waals surface area contributed by atoms with Gasteiger partial charge in [-0.1, -0.05) is 43.7 Å². The predicted octanol–water partition coefficient (Wildman–Crippen LogP) is 5.59. The van der Waals surface area contributed by atoms with Crippen LogP contribution in [0.4, 0.5) is 5.69 Å². The molecule has 2 aliphatic heterocycles. The van der Waals surface area contributed by atoms with Gasteiger partial charge in [0, 0.05) is 17.7 Å². The van der Waals surface area contributed by atoms with Crippen LogP contribution in [0.1, 0.15) is 42.1 Å². The number of ketones is 1. The molecule has 6 nitrogen and oxygen atoms in total. The van der Waals surface area contributed by atoms with Crippen LogP contribution in [-0.4, -0.2) is 30.0 Å². The first-order valence-corrected chi connectivity index (χ1v) is 12.2. The Labute approximate surface area is 210 Å². The van der Waals surface area contributed by atoms with Gasteiger partial charge >= 0.3 is 0 Å². The van der Waals surface area contributed by atoms with Crippen LogP contribution in [0.2, 0.25) is 0 Å². The Kier molecular flexibility index (Phi) is 6.27. The Morgan fingerprint density at radius 2 is 1.86 bits per heavy atom. The Balaban J connectivity index is 1.61. The van der Waals surface area contributed by atoms with E-state index in [0.717, 1.165) is 28.9 Å². The van der Waals surface area contributed by atoms with Gasteiger partial charge in [0.1, 0.15) is 17.3 Å². The van der Waals surface area contributed by atoms with Crippen molar-refractivity contribution in [3.8, 4) is 11.5 Å². The van der Waals surface area contributed by atoms with Gasteiger partial charge in [0.2, 0.25) is 0 Å². The highest BCUT2D eigenvalue weighted by atomic mass is 16.5. The van der Waals surface area contributed by atoms with E-state index in [1.165, 1.54) is 4.90 Å². The highest BCUT2D eigenvalue weighted by Gasteiger charge is 2.47. The molecule has 1 atom stereocenters. The zero-order valence-electron chi connectivity index (χ0n) is 20.7. The van der Waals surface area contributed by atoms with Crippen molar-refractivity contribution >= 4 is 23.1 Å². The number of hydrogen-bond acceptors (Lipinski definition) is 5. The van der Waals surface area contributed by atoms with Crippen molar-refractivity contribution in [1.82, 2.24) is 0 Å². The van der Waals surface area contributed by atoms with E-state index in [1.54, 1.807) is 36.4 Å². The lowest BCUT2D eigenvalue weighted by Gasteiger charge is -2.26. The molecule has 2 heterocycles. The van der Waals surface area contributed by atoms with Crippen LogP contribution < -0.4 is 14.4 Å². The largest absolute Gasteiger partial charge is 0.507 e. The third-order valence-electron chi connectivity index (χ3n) is 6.46. The molecule has 0 spiro atoms. The number of carbonyl (C=O) groups excluding carboxylic acids is 2. The summed E-state index contributed by atoms with van der Waals surface area (Å²) in [5, 5.41) is 11.4. The molecule has 6 heteroatoms. The fourth-order valence-electron chi connectivity index (χ4n) is 4.71. The van der Waals surface area contributed by atoms with Crippen LogP contribution in [0.25, 0.3) is 5.76 Å². The van der Waals surface area contributed by atoms with Crippen molar-refractivity contribution in [2.24, 2.45) is 5.92 Å². The first kappa shape index (κ1) is 23.7. The summed E-state index contributed by atoms with van der Waals surface area (Å²) in [5.74, 6) is 0.279. The summed E-state index contributed by atoms with van der Waals surface area (Å²) in [4.78, 5) is 28.2. The van der Waals surface area contributed by atoms with Gasteiger partial charge in [-0.3, -0.25) is 14.5 Å². The molecular weight excluding hydrogens is 454 g/mol. The number of aryl methyl sites for hydroxylation is 1. The summed E-state index contributed by atoms with van der Waals surface area (Å²) in [6.45, 7) is 7.27. The van der Waals surface area contributed by atoms with Gasteiger partial charge < -0.3 is 14.6 Å². The number of aliphatic hydroxyl groups is 1. The van der Waals surface area contributed by atoms with E-state index in [4.69, 9.17) is 9.47 Å². The minimum absolute atomic E-state index is 0.0737. The third-order valence-corrected chi connectivity index (χ3v) is 6.46. The van der Waals surface area contributed by atoms with E-state index in [9.17, 15) is 14.7 Å². The molecule has 1 saturated heterocycles. The molecule has 36 heavy (non-hydrogen) atoms. The number of hydrogen-bond donors (Lipinski definition) is 1. The summed E-state index contributed by atoms with van der Waals surface area (Å²) in [6.07, 6.45) is 0.733. The molecule has 5 rings (SSSR count). The number of nitrogens with zero attached hydrogens (tertiary/aromatic N) is 1. The van der Waals surface area contributed by atoms with E-state index < -0.39 is 17.7 Å². The monoisotopic (exact) mass is 483 g/mol. The second-order valence-electron chi connectivity index (χ2n) is 9.70. The van der Waals surface area contributed by atoms with Gasteiger partial charge in [-0.25, -0.2) is 0 Å². The normalized spacial score (nSPS) is 18.4. The molecule has 2 aliphatic rings. The Morgan fingerprint density at radius 1 is 1.08 bits per heavy atom. The minimum atomic E-state index is -0.767. The number of rotatable bonds is 6. The highest BCUT2D eigenvalue weighted by molar-refractivity contribution is 6.51. The van der Waals surface area contributed by atoms with Crippen molar-refractivity contribution in [3.05, 3.63) is 94.6 Å². The third kappa shape index (κ3) is 4.35. The van der Waals surface area contributed by atoms with Gasteiger partial charge in [-0.15, -0.1) is 0 Å². The minimum Gasteiger partial charge on any atom is -0.507 e. The standard InChI is InChI=1S/C30H29NO5/c1-18(2)17-36-24-10-8-23(9-11-24)31-27(21-6-4-5-19(3)15-21)26(29(33)30(31)34)28(32)22-7-12-25-20(16-22)13-14-35-25/h4-12,15-16,18,27,32H,13-14,17H2,1-3H3/b28-26-. The maximum atomic E-state index is 13.4. The van der Waals surface area contributed by atoms with Crippen LogP contribution in [-0.2, 0) is 16.0 Å². The molecule has 1 N–H and O–H groups in total. The number of carbonyl (C=O) groups is 2. The molecule has 1 fully saturated rings. The molecule has 1 unspecified atom stereocenters. The zero-order valence-corrected chi connectivity index (χ0v) is 20.7. The van der Waals surface area contributed by atoms with E-state index in [2.05, 4.69) is 13.8 Å². The van der Waals surface area contributed by atoms with Crippen LogP contribution in [0.3, 0.4) is 0 Å². The molecule has 0 aliphatic carbocycles. The van der Waals surface area contributed by atoms with E-state index >= 15 is 0 Å². The zero-order chi connectivity index (χ0) is 25.4. The van der Waals surface area contributed by atoms with Crippen molar-refractivity contribution in [2.75, 3.05) is 18.1 Å². The molecule has 3 aromatic carbocycles. The van der Waals surface area contributed by atoms with Gasteiger partial charge in [0.25, 0.3) is 11.7 Å². The smallest absolute Gasteiger partial charge is 0.300 e. The van der Waals surface area contributed by atoms with Crippen LogP contribution in [0.5, 0.6) is 11.5 Å². The van der Waals surface area contributed by atoms with E-state index in [-0.39, 0.29) is 11.3 Å². The second kappa shape index (κ2) is 9.53. The van der Waals surface area contributed by atoms with E-state index in [0.29, 0.717) is 36.1 Å². The maximum absolute atomic E-state index is 13.4. The van der Waals surface area contributed by atoms with Crippen LogP contribution >= 0.6 is 0 Å².